The first kappa shape index (κ1) is 16.4. The lowest BCUT2D eigenvalue weighted by Gasteiger charge is -2.11. The molecule has 0 spiro atoms. The number of ether oxygens (including phenoxy) is 1. The van der Waals surface area contributed by atoms with Crippen molar-refractivity contribution in [3.05, 3.63) is 16.0 Å². The van der Waals surface area contributed by atoms with E-state index < -0.39 is 27.2 Å². The van der Waals surface area contributed by atoms with E-state index in [-0.39, 0.29) is 10.6 Å². The number of carbonyl (C=O) groups is 2. The topological polar surface area (TPSA) is 110 Å². The molecule has 9 heteroatoms. The van der Waals surface area contributed by atoms with Gasteiger partial charge in [-0.2, -0.15) is 0 Å². The molecule has 1 heterocycles. The van der Waals surface area contributed by atoms with E-state index in [1.54, 1.807) is 13.8 Å². The maximum absolute atomic E-state index is 11.9. The molecule has 1 aromatic heterocycles. The quantitative estimate of drug-likeness (QED) is 0.793. The number of thiophene rings is 1. The largest absolute Gasteiger partial charge is 0.480 e. The van der Waals surface area contributed by atoms with Crippen LogP contribution in [0.15, 0.2) is 0 Å². The van der Waals surface area contributed by atoms with Crippen LogP contribution in [0.1, 0.15) is 27.7 Å². The fourth-order valence-corrected chi connectivity index (χ4v) is 3.61. The number of methoxy groups -OCH3 is 1. The van der Waals surface area contributed by atoms with Crippen LogP contribution >= 0.6 is 11.3 Å². The molecule has 0 amide bonds. The molecule has 0 aromatic carbocycles. The number of rotatable bonds is 5. The van der Waals surface area contributed by atoms with Gasteiger partial charge in [0.05, 0.1) is 12.7 Å². The predicted molar refractivity (Wildman–Crippen MR) is 74.8 cm³/mol. The monoisotopic (exact) mass is 321 g/mol. The summed E-state index contributed by atoms with van der Waals surface area (Å²) in [6.07, 6.45) is 0. The van der Waals surface area contributed by atoms with Crippen molar-refractivity contribution in [2.45, 2.75) is 26.0 Å². The Labute approximate surface area is 120 Å². The maximum Gasteiger partial charge on any atom is 0.341 e. The summed E-state index contributed by atoms with van der Waals surface area (Å²) in [5.74, 6) is -2.14. The second-order valence-electron chi connectivity index (χ2n) is 4.11. The van der Waals surface area contributed by atoms with Crippen molar-refractivity contribution in [2.24, 2.45) is 0 Å². The van der Waals surface area contributed by atoms with Gasteiger partial charge in [0.25, 0.3) is 0 Å². The zero-order valence-electron chi connectivity index (χ0n) is 11.4. The van der Waals surface area contributed by atoms with E-state index in [1.807, 2.05) is 0 Å². The summed E-state index contributed by atoms with van der Waals surface area (Å²) in [7, 11) is -2.94. The number of carboxylic acid groups (broad SMARTS) is 1. The minimum atomic E-state index is -4.13. The molecule has 0 aliphatic rings. The maximum atomic E-state index is 11.9. The Morgan fingerprint density at radius 3 is 2.35 bits per heavy atom. The highest BCUT2D eigenvalue weighted by Crippen LogP contribution is 2.34. The third-order valence-corrected chi connectivity index (χ3v) is 5.70. The summed E-state index contributed by atoms with van der Waals surface area (Å²) in [6.45, 7) is 4.44. The summed E-state index contributed by atoms with van der Waals surface area (Å²) in [4.78, 5) is 23.2. The van der Waals surface area contributed by atoms with E-state index >= 15 is 0 Å². The van der Waals surface area contributed by atoms with Crippen molar-refractivity contribution in [2.75, 3.05) is 11.8 Å². The molecule has 7 nitrogen and oxygen atoms in total. The molecule has 0 saturated heterocycles. The van der Waals surface area contributed by atoms with Gasteiger partial charge in [-0.05, 0) is 26.3 Å². The minimum absolute atomic E-state index is 0.0694. The third-order valence-electron chi connectivity index (χ3n) is 2.82. The summed E-state index contributed by atoms with van der Waals surface area (Å²) < 4.78 is 30.5. The molecule has 2 N–H and O–H groups in total. The fraction of sp³-hybridized carbons (Fsp3) is 0.455. The molecule has 0 aliphatic carbocycles. The molecule has 0 radical (unpaired) electrons. The van der Waals surface area contributed by atoms with Crippen molar-refractivity contribution in [1.82, 2.24) is 0 Å². The van der Waals surface area contributed by atoms with Gasteiger partial charge in [-0.1, -0.05) is 0 Å². The van der Waals surface area contributed by atoms with Crippen molar-refractivity contribution in [3.63, 3.8) is 0 Å². The van der Waals surface area contributed by atoms with Crippen molar-refractivity contribution in [3.8, 4) is 0 Å². The lowest BCUT2D eigenvalue weighted by Crippen LogP contribution is -2.32. The van der Waals surface area contributed by atoms with Crippen LogP contribution in [0.25, 0.3) is 0 Å². The molecule has 1 unspecified atom stereocenters. The Balaban J connectivity index is 3.26. The molecule has 112 valence electrons. The van der Waals surface area contributed by atoms with Gasteiger partial charge >= 0.3 is 11.9 Å². The summed E-state index contributed by atoms with van der Waals surface area (Å²) in [5, 5.41) is 7.21. The van der Waals surface area contributed by atoms with Crippen LogP contribution in [0.5, 0.6) is 0 Å². The first-order valence-electron chi connectivity index (χ1n) is 5.54. The molecular weight excluding hydrogens is 306 g/mol. The van der Waals surface area contributed by atoms with Gasteiger partial charge in [-0.15, -0.1) is 11.3 Å². The van der Waals surface area contributed by atoms with Gasteiger partial charge in [0.1, 0.15) is 5.00 Å². The number of anilines is 1. The van der Waals surface area contributed by atoms with Gasteiger partial charge in [0.2, 0.25) is 10.0 Å². The Bertz CT molecular complexity index is 646. The standard InChI is InChI=1S/C11H15NO6S2/c1-5-6(2)19-9(8(5)11(15)18-4)12-20(16,17)7(3)10(13)14/h7,12H,1-4H3,(H,13,14). The smallest absolute Gasteiger partial charge is 0.341 e. The fourth-order valence-electron chi connectivity index (χ4n) is 1.40. The van der Waals surface area contributed by atoms with E-state index in [0.717, 1.165) is 23.1 Å². The van der Waals surface area contributed by atoms with E-state index in [1.165, 1.54) is 7.11 Å². The zero-order chi connectivity index (χ0) is 15.7. The Hall–Kier alpha value is -1.61. The zero-order valence-corrected chi connectivity index (χ0v) is 13.0. The number of esters is 1. The molecule has 0 bridgehead atoms. The molecule has 0 fully saturated rings. The Morgan fingerprint density at radius 2 is 1.90 bits per heavy atom. The number of nitrogens with one attached hydrogen (secondary N) is 1. The van der Waals surface area contributed by atoms with E-state index in [2.05, 4.69) is 9.46 Å². The number of hydrogen-bond acceptors (Lipinski definition) is 6. The second-order valence-corrected chi connectivity index (χ2v) is 7.33. The number of hydrogen-bond donors (Lipinski definition) is 2. The normalized spacial score (nSPS) is 12.8. The van der Waals surface area contributed by atoms with Crippen LogP contribution in [0.3, 0.4) is 0 Å². The average Bonchev–Trinajstić information content (AvgIpc) is 2.62. The first-order chi connectivity index (χ1) is 9.11. The number of aliphatic carboxylic acids is 1. The molecule has 1 rings (SSSR count). The molecule has 0 aliphatic heterocycles. The molecule has 1 atom stereocenters. The van der Waals surface area contributed by atoms with Gasteiger partial charge in [-0.3, -0.25) is 9.52 Å². The Kier molecular flexibility index (Phi) is 4.77. The number of carbonyl (C=O) groups excluding carboxylic acids is 1. The van der Waals surface area contributed by atoms with Crippen LogP contribution in [0.4, 0.5) is 5.00 Å². The summed E-state index contributed by atoms with van der Waals surface area (Å²) in [5.41, 5.74) is 0.707. The van der Waals surface area contributed by atoms with Gasteiger partial charge < -0.3 is 9.84 Å². The van der Waals surface area contributed by atoms with Crippen LogP contribution in [0.2, 0.25) is 0 Å². The van der Waals surface area contributed by atoms with Crippen LogP contribution in [0, 0.1) is 13.8 Å². The van der Waals surface area contributed by atoms with Crippen LogP contribution in [-0.4, -0.2) is 37.8 Å². The minimum Gasteiger partial charge on any atom is -0.480 e. The van der Waals surface area contributed by atoms with Crippen LogP contribution in [-0.2, 0) is 19.6 Å². The lowest BCUT2D eigenvalue weighted by molar-refractivity contribution is -0.136. The lowest BCUT2D eigenvalue weighted by atomic mass is 10.2. The predicted octanol–water partition coefficient (Wildman–Crippen LogP) is 1.37. The highest BCUT2D eigenvalue weighted by molar-refractivity contribution is 7.94. The van der Waals surface area contributed by atoms with Crippen LogP contribution < -0.4 is 4.72 Å². The van der Waals surface area contributed by atoms with Gasteiger partial charge in [-0.25, -0.2) is 13.2 Å². The number of aryl methyl sites for hydroxylation is 1. The van der Waals surface area contributed by atoms with Gasteiger partial charge in [0, 0.05) is 4.88 Å². The number of sulfonamides is 1. The van der Waals surface area contributed by atoms with Crippen molar-refractivity contribution < 1.29 is 27.9 Å². The Morgan fingerprint density at radius 1 is 1.35 bits per heavy atom. The van der Waals surface area contributed by atoms with E-state index in [9.17, 15) is 18.0 Å². The van der Waals surface area contributed by atoms with Crippen molar-refractivity contribution in [1.29, 1.82) is 0 Å². The summed E-state index contributed by atoms with van der Waals surface area (Å²) >= 11 is 1.06. The average molecular weight is 321 g/mol. The number of carboxylic acids is 1. The first-order valence-corrected chi connectivity index (χ1v) is 7.90. The second kappa shape index (κ2) is 5.80. The van der Waals surface area contributed by atoms with Crippen molar-refractivity contribution >= 4 is 38.3 Å². The van der Waals surface area contributed by atoms with Gasteiger partial charge in [0.15, 0.2) is 5.25 Å². The highest BCUT2D eigenvalue weighted by Gasteiger charge is 2.30. The highest BCUT2D eigenvalue weighted by atomic mass is 32.2. The SMILES string of the molecule is COC(=O)c1c(NS(=O)(=O)C(C)C(=O)O)sc(C)c1C. The molecule has 0 saturated carbocycles. The molecule has 20 heavy (non-hydrogen) atoms. The third kappa shape index (κ3) is 3.10. The van der Waals surface area contributed by atoms with E-state index in [0.29, 0.717) is 5.56 Å². The van der Waals surface area contributed by atoms with E-state index in [4.69, 9.17) is 5.11 Å². The molecular formula is C11H15NO6S2. The summed E-state index contributed by atoms with van der Waals surface area (Å²) in [6, 6.07) is 0. The molecule has 1 aromatic rings.